The number of aliphatic carboxylic acids is 1. The van der Waals surface area contributed by atoms with Crippen molar-refractivity contribution in [2.75, 3.05) is 11.4 Å². The van der Waals surface area contributed by atoms with Crippen LogP contribution in [0.15, 0.2) is 12.4 Å². The van der Waals surface area contributed by atoms with Crippen molar-refractivity contribution in [2.45, 2.75) is 38.1 Å². The molecule has 1 aromatic heterocycles. The van der Waals surface area contributed by atoms with Crippen molar-refractivity contribution in [1.29, 1.82) is 0 Å². The SMILES string of the molecule is Cn1cc(N2CCC(NC(=O)CC3(C(=O)O)CCC3)C2=O)cn1. The largest absolute Gasteiger partial charge is 0.481 e. The zero-order valence-electron chi connectivity index (χ0n) is 13.0. The molecule has 8 heteroatoms. The molecule has 0 aromatic carbocycles. The molecule has 1 aromatic rings. The number of carboxylic acid groups (broad SMARTS) is 1. The first-order chi connectivity index (χ1) is 10.9. The maximum absolute atomic E-state index is 12.4. The molecule has 1 unspecified atom stereocenters. The van der Waals surface area contributed by atoms with Crippen molar-refractivity contribution in [3.8, 4) is 0 Å². The van der Waals surface area contributed by atoms with Gasteiger partial charge in [0, 0.05) is 26.2 Å². The summed E-state index contributed by atoms with van der Waals surface area (Å²) in [6.45, 7) is 0.513. The van der Waals surface area contributed by atoms with Gasteiger partial charge in [0.25, 0.3) is 0 Å². The first kappa shape index (κ1) is 15.5. The molecule has 0 bridgehead atoms. The first-order valence-electron chi connectivity index (χ1n) is 7.74. The normalized spacial score (nSPS) is 22.7. The Labute approximate surface area is 133 Å². The topological polar surface area (TPSA) is 105 Å². The first-order valence-corrected chi connectivity index (χ1v) is 7.74. The molecular formula is C15H20N4O4. The summed E-state index contributed by atoms with van der Waals surface area (Å²) in [7, 11) is 1.77. The van der Waals surface area contributed by atoms with Crippen molar-refractivity contribution in [3.05, 3.63) is 12.4 Å². The molecule has 2 aliphatic rings. The summed E-state index contributed by atoms with van der Waals surface area (Å²) >= 11 is 0. The predicted molar refractivity (Wildman–Crippen MR) is 80.6 cm³/mol. The molecule has 3 rings (SSSR count). The highest BCUT2D eigenvalue weighted by Crippen LogP contribution is 2.44. The minimum Gasteiger partial charge on any atom is -0.481 e. The number of anilines is 1. The van der Waals surface area contributed by atoms with Crippen LogP contribution in [0.5, 0.6) is 0 Å². The van der Waals surface area contributed by atoms with Gasteiger partial charge in [0.2, 0.25) is 11.8 Å². The maximum Gasteiger partial charge on any atom is 0.310 e. The standard InChI is InChI=1S/C15H20N4O4/c1-18-9-10(8-16-18)19-6-3-11(13(19)21)17-12(20)7-15(14(22)23)4-2-5-15/h8-9,11H,2-7H2,1H3,(H,17,20)(H,22,23). The number of hydrogen-bond donors (Lipinski definition) is 2. The Bertz CT molecular complexity index is 650. The van der Waals surface area contributed by atoms with E-state index in [1.54, 1.807) is 29.0 Å². The van der Waals surface area contributed by atoms with Crippen LogP contribution >= 0.6 is 0 Å². The molecule has 8 nitrogen and oxygen atoms in total. The van der Waals surface area contributed by atoms with E-state index in [4.69, 9.17) is 0 Å². The fraction of sp³-hybridized carbons (Fsp3) is 0.600. The zero-order chi connectivity index (χ0) is 16.6. The molecule has 1 aliphatic heterocycles. The van der Waals surface area contributed by atoms with E-state index in [2.05, 4.69) is 10.4 Å². The van der Waals surface area contributed by atoms with E-state index in [1.165, 1.54) is 0 Å². The van der Waals surface area contributed by atoms with Gasteiger partial charge in [0.05, 0.1) is 17.3 Å². The highest BCUT2D eigenvalue weighted by atomic mass is 16.4. The van der Waals surface area contributed by atoms with E-state index in [-0.39, 0.29) is 18.2 Å². The molecule has 1 atom stereocenters. The highest BCUT2D eigenvalue weighted by Gasteiger charge is 2.46. The molecule has 0 spiro atoms. The van der Waals surface area contributed by atoms with Crippen molar-refractivity contribution >= 4 is 23.5 Å². The molecule has 23 heavy (non-hydrogen) atoms. The Balaban J connectivity index is 1.59. The van der Waals surface area contributed by atoms with Gasteiger partial charge in [-0.05, 0) is 19.3 Å². The molecule has 1 saturated carbocycles. The van der Waals surface area contributed by atoms with Crippen molar-refractivity contribution in [2.24, 2.45) is 12.5 Å². The lowest BCUT2D eigenvalue weighted by Gasteiger charge is -2.37. The highest BCUT2D eigenvalue weighted by molar-refractivity contribution is 6.01. The lowest BCUT2D eigenvalue weighted by atomic mass is 9.66. The summed E-state index contributed by atoms with van der Waals surface area (Å²) in [6.07, 6.45) is 5.69. The smallest absolute Gasteiger partial charge is 0.310 e. The van der Waals surface area contributed by atoms with E-state index in [0.717, 1.165) is 6.42 Å². The average Bonchev–Trinajstić information content (AvgIpc) is 3.01. The van der Waals surface area contributed by atoms with Gasteiger partial charge in [-0.1, -0.05) is 6.42 Å². The molecule has 1 saturated heterocycles. The number of carbonyl (C=O) groups excluding carboxylic acids is 2. The number of aromatic nitrogens is 2. The number of hydrogen-bond acceptors (Lipinski definition) is 4. The molecule has 1 aliphatic carbocycles. The summed E-state index contributed by atoms with van der Waals surface area (Å²) in [6, 6.07) is -0.589. The third-order valence-electron chi connectivity index (χ3n) is 4.81. The van der Waals surface area contributed by atoms with Gasteiger partial charge in [-0.25, -0.2) is 0 Å². The van der Waals surface area contributed by atoms with E-state index in [1.807, 2.05) is 0 Å². The van der Waals surface area contributed by atoms with Gasteiger partial charge >= 0.3 is 5.97 Å². The molecule has 2 heterocycles. The molecule has 2 N–H and O–H groups in total. The predicted octanol–water partition coefficient (Wildman–Crippen LogP) is 0.287. The molecule has 2 amide bonds. The van der Waals surface area contributed by atoms with Crippen LogP contribution in [0.3, 0.4) is 0 Å². The molecule has 2 fully saturated rings. The minimum atomic E-state index is -0.936. The fourth-order valence-corrected chi connectivity index (χ4v) is 3.24. The number of rotatable bonds is 5. The number of amides is 2. The van der Waals surface area contributed by atoms with E-state index in [0.29, 0.717) is 31.5 Å². The van der Waals surface area contributed by atoms with Gasteiger partial charge in [-0.3, -0.25) is 19.1 Å². The lowest BCUT2D eigenvalue weighted by molar-refractivity contribution is -0.157. The Morgan fingerprint density at radius 2 is 2.22 bits per heavy atom. The second kappa shape index (κ2) is 5.68. The molecular weight excluding hydrogens is 300 g/mol. The third-order valence-corrected chi connectivity index (χ3v) is 4.81. The average molecular weight is 320 g/mol. The lowest BCUT2D eigenvalue weighted by Crippen LogP contribution is -2.46. The molecule has 124 valence electrons. The Hall–Kier alpha value is -2.38. The van der Waals surface area contributed by atoms with Crippen LogP contribution in [-0.2, 0) is 21.4 Å². The summed E-state index contributed by atoms with van der Waals surface area (Å²) in [5, 5.41) is 16.0. The van der Waals surface area contributed by atoms with Crippen LogP contribution in [0.4, 0.5) is 5.69 Å². The Morgan fingerprint density at radius 3 is 2.74 bits per heavy atom. The van der Waals surface area contributed by atoms with Gasteiger partial charge in [-0.2, -0.15) is 5.10 Å². The number of aryl methyl sites for hydroxylation is 1. The number of carboxylic acids is 1. The van der Waals surface area contributed by atoms with Gasteiger partial charge in [-0.15, -0.1) is 0 Å². The summed E-state index contributed by atoms with van der Waals surface area (Å²) in [5.41, 5.74) is -0.232. The van der Waals surface area contributed by atoms with Crippen LogP contribution < -0.4 is 10.2 Å². The van der Waals surface area contributed by atoms with Gasteiger partial charge < -0.3 is 15.3 Å². The number of carbonyl (C=O) groups is 3. The number of nitrogens with zero attached hydrogens (tertiary/aromatic N) is 3. The third kappa shape index (κ3) is 2.80. The Morgan fingerprint density at radius 1 is 1.48 bits per heavy atom. The van der Waals surface area contributed by atoms with Gasteiger partial charge in [0.15, 0.2) is 0 Å². The van der Waals surface area contributed by atoms with Crippen LogP contribution in [0, 0.1) is 5.41 Å². The fourth-order valence-electron chi connectivity index (χ4n) is 3.24. The zero-order valence-corrected chi connectivity index (χ0v) is 13.0. The van der Waals surface area contributed by atoms with E-state index in [9.17, 15) is 19.5 Å². The maximum atomic E-state index is 12.4. The molecule has 0 radical (unpaired) electrons. The van der Waals surface area contributed by atoms with Crippen LogP contribution in [-0.4, -0.2) is 45.3 Å². The van der Waals surface area contributed by atoms with Crippen LogP contribution in [0.2, 0.25) is 0 Å². The van der Waals surface area contributed by atoms with Crippen molar-refractivity contribution in [1.82, 2.24) is 15.1 Å². The minimum absolute atomic E-state index is 0.0565. The van der Waals surface area contributed by atoms with Crippen LogP contribution in [0.1, 0.15) is 32.1 Å². The second-order valence-electron chi connectivity index (χ2n) is 6.39. The summed E-state index contributed by atoms with van der Waals surface area (Å²) in [4.78, 5) is 37.4. The number of nitrogens with one attached hydrogen (secondary N) is 1. The van der Waals surface area contributed by atoms with Crippen molar-refractivity contribution < 1.29 is 19.5 Å². The van der Waals surface area contributed by atoms with E-state index >= 15 is 0 Å². The Kier molecular flexibility index (Phi) is 3.83. The van der Waals surface area contributed by atoms with Gasteiger partial charge in [0.1, 0.15) is 6.04 Å². The second-order valence-corrected chi connectivity index (χ2v) is 6.39. The monoisotopic (exact) mass is 320 g/mol. The quantitative estimate of drug-likeness (QED) is 0.811. The summed E-state index contributed by atoms with van der Waals surface area (Å²) < 4.78 is 1.61. The van der Waals surface area contributed by atoms with E-state index < -0.39 is 17.4 Å². The van der Waals surface area contributed by atoms with Crippen molar-refractivity contribution in [3.63, 3.8) is 0 Å². The van der Waals surface area contributed by atoms with Crippen LogP contribution in [0.25, 0.3) is 0 Å². The summed E-state index contributed by atoms with van der Waals surface area (Å²) in [5.74, 6) is -1.46.